The second-order valence-electron chi connectivity index (χ2n) is 8.38. The van der Waals surface area contributed by atoms with Crippen LogP contribution in [0.3, 0.4) is 0 Å². The molecule has 1 aromatic carbocycles. The van der Waals surface area contributed by atoms with E-state index in [9.17, 15) is 29.6 Å². The number of hydrogen-bond acceptors (Lipinski definition) is 11. The van der Waals surface area contributed by atoms with Gasteiger partial charge in [-0.1, -0.05) is 11.8 Å². The molecule has 2 amide bonds. The van der Waals surface area contributed by atoms with Crippen LogP contribution in [0.2, 0.25) is 0 Å². The van der Waals surface area contributed by atoms with Crippen molar-refractivity contribution in [2.24, 2.45) is 5.73 Å². The van der Waals surface area contributed by atoms with Crippen LogP contribution >= 0.6 is 11.8 Å². The van der Waals surface area contributed by atoms with E-state index >= 15 is 0 Å². The molecule has 1 atom stereocenters. The molecule has 0 aliphatic rings. The molecule has 3 rings (SSSR count). The molecule has 0 aliphatic carbocycles. The van der Waals surface area contributed by atoms with Crippen molar-refractivity contribution in [3.63, 3.8) is 0 Å². The number of ether oxygens (including phenoxy) is 1. The molecule has 0 radical (unpaired) electrons. The molecule has 0 bridgehead atoms. The van der Waals surface area contributed by atoms with Crippen molar-refractivity contribution in [3.05, 3.63) is 46.3 Å². The number of primary amides is 1. The number of nitro groups is 1. The number of thioether (sulfide) groups is 1. The molecule has 206 valence electrons. The highest BCUT2D eigenvalue weighted by molar-refractivity contribution is 7.98. The van der Waals surface area contributed by atoms with Gasteiger partial charge in [0.2, 0.25) is 17.6 Å². The molecule has 0 spiro atoms. The zero-order valence-corrected chi connectivity index (χ0v) is 22.0. The second kappa shape index (κ2) is 12.7. The minimum absolute atomic E-state index is 0.0206. The van der Waals surface area contributed by atoms with Gasteiger partial charge in [0.25, 0.3) is 0 Å². The predicted molar refractivity (Wildman–Crippen MR) is 140 cm³/mol. The van der Waals surface area contributed by atoms with E-state index in [1.54, 1.807) is 50.9 Å². The number of carboxylic acid groups (broad SMARTS) is 1. The van der Waals surface area contributed by atoms with Gasteiger partial charge in [0.05, 0.1) is 11.3 Å². The van der Waals surface area contributed by atoms with Crippen LogP contribution < -0.4 is 15.8 Å². The van der Waals surface area contributed by atoms with Crippen molar-refractivity contribution < 1.29 is 29.2 Å². The first kappa shape index (κ1) is 28.8. The summed E-state index contributed by atoms with van der Waals surface area (Å²) in [6, 6.07) is 3.43. The van der Waals surface area contributed by atoms with E-state index in [2.05, 4.69) is 25.3 Å². The van der Waals surface area contributed by atoms with E-state index in [1.165, 1.54) is 4.90 Å². The summed E-state index contributed by atoms with van der Waals surface area (Å²) in [5, 5.41) is 24.2. The van der Waals surface area contributed by atoms with Gasteiger partial charge in [-0.25, -0.2) is 9.78 Å². The summed E-state index contributed by atoms with van der Waals surface area (Å²) >= 11 is 1.05. The molecular formula is C23H26N8O7S. The Labute approximate surface area is 226 Å². The summed E-state index contributed by atoms with van der Waals surface area (Å²) in [5.41, 5.74) is 5.52. The number of aliphatic carboxylic acids is 1. The first-order valence-corrected chi connectivity index (χ1v) is 12.6. The smallest absolute Gasteiger partial charge is 0.373 e. The van der Waals surface area contributed by atoms with Gasteiger partial charge in [-0.2, -0.15) is 9.97 Å². The number of imidazole rings is 1. The molecule has 0 saturated carbocycles. The molecule has 0 saturated heterocycles. The number of nitrogens with zero attached hydrogens (tertiary/aromatic N) is 5. The number of carbonyl (C=O) groups excluding carboxylic acids is 2. The van der Waals surface area contributed by atoms with Gasteiger partial charge in [-0.05, 0) is 36.4 Å². The Bertz CT molecular complexity index is 1380. The minimum Gasteiger partial charge on any atom is -0.480 e. The van der Waals surface area contributed by atoms with E-state index in [1.807, 2.05) is 0 Å². The number of anilines is 1. The number of benzene rings is 1. The molecule has 5 N–H and O–H groups in total. The maximum Gasteiger partial charge on any atom is 0.373 e. The van der Waals surface area contributed by atoms with E-state index in [-0.39, 0.29) is 36.1 Å². The highest BCUT2D eigenvalue weighted by Gasteiger charge is 2.30. The van der Waals surface area contributed by atoms with E-state index in [0.29, 0.717) is 17.0 Å². The Hall–Kier alpha value is -4.73. The molecule has 16 heteroatoms. The molecule has 0 fully saturated rings. The zero-order chi connectivity index (χ0) is 28.7. The van der Waals surface area contributed by atoms with Crippen LogP contribution in [0.1, 0.15) is 18.4 Å². The number of H-pyrrole nitrogens is 1. The largest absolute Gasteiger partial charge is 0.480 e. The standard InChI is InChI=1S/C23H26N8O7S/c1-30(2)17(33)10-12-8-13(19-25-6-7-26-19)11-14(9-12)38-21-18(31(36)37)20(28-23(29-21)39-3)27-15(22(34)35)4-5-16(24)32/h6-9,11,15H,4-5,10H2,1-3H3,(H2,24,32)(H,25,26)(H,34,35)(H,27,28,29). The van der Waals surface area contributed by atoms with Gasteiger partial charge in [-0.3, -0.25) is 19.7 Å². The quantitative estimate of drug-likeness (QED) is 0.102. The average Bonchev–Trinajstić information content (AvgIpc) is 3.40. The highest BCUT2D eigenvalue weighted by Crippen LogP contribution is 2.38. The van der Waals surface area contributed by atoms with Crippen LogP contribution in [-0.4, -0.2) is 79.0 Å². The van der Waals surface area contributed by atoms with Crippen LogP contribution in [0.5, 0.6) is 11.6 Å². The Morgan fingerprint density at radius 1 is 1.28 bits per heavy atom. The summed E-state index contributed by atoms with van der Waals surface area (Å²) in [4.78, 5) is 63.4. The van der Waals surface area contributed by atoms with Gasteiger partial charge < -0.3 is 30.8 Å². The van der Waals surface area contributed by atoms with Crippen LogP contribution in [0.15, 0.2) is 35.7 Å². The highest BCUT2D eigenvalue weighted by atomic mass is 32.2. The topological polar surface area (TPSA) is 220 Å². The first-order chi connectivity index (χ1) is 18.5. The van der Waals surface area contributed by atoms with Gasteiger partial charge in [0, 0.05) is 38.5 Å². The minimum atomic E-state index is -1.40. The summed E-state index contributed by atoms with van der Waals surface area (Å²) in [5.74, 6) is -2.54. The van der Waals surface area contributed by atoms with Crippen LogP contribution in [0, 0.1) is 10.1 Å². The lowest BCUT2D eigenvalue weighted by Crippen LogP contribution is -2.31. The SMILES string of the molecule is CSc1nc(NC(CCC(N)=O)C(=O)O)c([N+](=O)[O-])c(Oc2cc(CC(=O)N(C)C)cc(-c3ncc[nH]3)c2)n1. The van der Waals surface area contributed by atoms with E-state index < -0.39 is 40.2 Å². The molecule has 15 nitrogen and oxygen atoms in total. The van der Waals surface area contributed by atoms with Gasteiger partial charge >= 0.3 is 17.5 Å². The molecule has 3 aromatic rings. The van der Waals surface area contributed by atoms with Crippen molar-refractivity contribution in [1.29, 1.82) is 0 Å². The fourth-order valence-electron chi connectivity index (χ4n) is 3.38. The average molecular weight is 559 g/mol. The maximum atomic E-state index is 12.4. The predicted octanol–water partition coefficient (Wildman–Crippen LogP) is 2.05. The molecule has 2 aromatic heterocycles. The van der Waals surface area contributed by atoms with Crippen molar-refractivity contribution in [3.8, 4) is 23.0 Å². The summed E-state index contributed by atoms with van der Waals surface area (Å²) in [6.45, 7) is 0. The lowest BCUT2D eigenvalue weighted by Gasteiger charge is -2.16. The number of amides is 2. The number of likely N-dealkylation sites (N-methyl/N-ethyl adjacent to an activating group) is 1. The lowest BCUT2D eigenvalue weighted by molar-refractivity contribution is -0.385. The van der Waals surface area contributed by atoms with Crippen LogP contribution in [-0.2, 0) is 20.8 Å². The maximum absolute atomic E-state index is 12.4. The number of carbonyl (C=O) groups is 3. The number of aromatic amines is 1. The fourth-order valence-corrected chi connectivity index (χ4v) is 3.73. The van der Waals surface area contributed by atoms with Crippen LogP contribution in [0.25, 0.3) is 11.4 Å². The Morgan fingerprint density at radius 2 is 2.03 bits per heavy atom. The molecule has 39 heavy (non-hydrogen) atoms. The fraction of sp³-hybridized carbons (Fsp3) is 0.304. The van der Waals surface area contributed by atoms with Gasteiger partial charge in [0.1, 0.15) is 17.6 Å². The number of aromatic nitrogens is 4. The third-order valence-corrected chi connectivity index (χ3v) is 5.84. The van der Waals surface area contributed by atoms with Crippen molar-refractivity contribution >= 4 is 41.1 Å². The number of nitrogens with two attached hydrogens (primary N) is 1. The van der Waals surface area contributed by atoms with Crippen LogP contribution in [0.4, 0.5) is 11.5 Å². The third-order valence-electron chi connectivity index (χ3n) is 5.29. The Kier molecular flexibility index (Phi) is 9.38. The Balaban J connectivity index is 2.08. The summed E-state index contributed by atoms with van der Waals surface area (Å²) < 4.78 is 5.88. The van der Waals surface area contributed by atoms with Crippen molar-refractivity contribution in [2.75, 3.05) is 25.7 Å². The van der Waals surface area contributed by atoms with Gasteiger partial charge in [-0.15, -0.1) is 0 Å². The van der Waals surface area contributed by atoms with Crippen molar-refractivity contribution in [2.45, 2.75) is 30.5 Å². The number of hydrogen-bond donors (Lipinski definition) is 4. The second-order valence-corrected chi connectivity index (χ2v) is 9.15. The van der Waals surface area contributed by atoms with E-state index in [4.69, 9.17) is 10.5 Å². The number of rotatable bonds is 13. The number of carboxylic acids is 1. The zero-order valence-electron chi connectivity index (χ0n) is 21.2. The monoisotopic (exact) mass is 558 g/mol. The molecule has 0 aliphatic heterocycles. The molecular weight excluding hydrogens is 532 g/mol. The molecule has 1 unspecified atom stereocenters. The lowest BCUT2D eigenvalue weighted by atomic mass is 10.1. The summed E-state index contributed by atoms with van der Waals surface area (Å²) in [7, 11) is 3.24. The normalized spacial score (nSPS) is 11.5. The number of nitrogens with one attached hydrogen (secondary N) is 2. The summed E-state index contributed by atoms with van der Waals surface area (Å²) in [6.07, 6.45) is 4.30. The molecule has 2 heterocycles. The third kappa shape index (κ3) is 7.64. The van der Waals surface area contributed by atoms with Crippen molar-refractivity contribution in [1.82, 2.24) is 24.8 Å². The Morgan fingerprint density at radius 3 is 2.59 bits per heavy atom. The first-order valence-electron chi connectivity index (χ1n) is 11.4. The van der Waals surface area contributed by atoms with Gasteiger partial charge in [0.15, 0.2) is 5.16 Å². The van der Waals surface area contributed by atoms with E-state index in [0.717, 1.165) is 11.8 Å².